The monoisotopic (exact) mass is 415 g/mol. The molecular weight excluding hydrogens is 383 g/mol. The fourth-order valence-corrected chi connectivity index (χ4v) is 3.96. The highest BCUT2D eigenvalue weighted by atomic mass is 32.2. The van der Waals surface area contributed by atoms with Crippen molar-refractivity contribution in [1.29, 1.82) is 0 Å². The van der Waals surface area contributed by atoms with Crippen LogP contribution in [0.15, 0.2) is 4.99 Å². The molecule has 1 fully saturated rings. The van der Waals surface area contributed by atoms with Crippen LogP contribution in [0, 0.1) is 0 Å². The van der Waals surface area contributed by atoms with Crippen LogP contribution in [0.4, 0.5) is 13.2 Å². The van der Waals surface area contributed by atoms with Crippen LogP contribution in [0.5, 0.6) is 0 Å². The molecule has 2 N–H and O–H groups in total. The van der Waals surface area contributed by atoms with E-state index >= 15 is 0 Å². The molecule has 0 amide bonds. The summed E-state index contributed by atoms with van der Waals surface area (Å²) >= 11 is 0. The molecule has 0 aliphatic carbocycles. The first-order valence-electron chi connectivity index (χ1n) is 9.38. The number of nitrogens with one attached hydrogen (secondary N) is 2. The van der Waals surface area contributed by atoms with Crippen molar-refractivity contribution in [1.82, 2.24) is 19.8 Å². The van der Waals surface area contributed by atoms with Gasteiger partial charge in [-0.3, -0.25) is 9.89 Å². The van der Waals surface area contributed by atoms with Gasteiger partial charge in [-0.1, -0.05) is 6.92 Å². The molecule has 27 heavy (non-hydrogen) atoms. The summed E-state index contributed by atoms with van der Waals surface area (Å²) in [6, 6.07) is 0.315. The summed E-state index contributed by atoms with van der Waals surface area (Å²) < 4.78 is 61.4. The number of likely N-dealkylation sites (N-methyl/N-ethyl adjacent to an activating group) is 1. The molecule has 0 saturated carbocycles. The van der Waals surface area contributed by atoms with Crippen molar-refractivity contribution in [2.24, 2.45) is 4.99 Å². The van der Waals surface area contributed by atoms with Crippen molar-refractivity contribution < 1.29 is 21.6 Å². The van der Waals surface area contributed by atoms with Gasteiger partial charge in [0.2, 0.25) is 0 Å². The van der Waals surface area contributed by atoms with Gasteiger partial charge in [0, 0.05) is 38.3 Å². The van der Waals surface area contributed by atoms with Gasteiger partial charge in [-0.15, -0.1) is 0 Å². The third kappa shape index (κ3) is 7.11. The lowest BCUT2D eigenvalue weighted by Gasteiger charge is -2.32. The molecule has 160 valence electrons. The van der Waals surface area contributed by atoms with Crippen LogP contribution in [0.25, 0.3) is 0 Å². The summed E-state index contributed by atoms with van der Waals surface area (Å²) in [5, 5.41) is 6.33. The average Bonchev–Trinajstić information content (AvgIpc) is 2.58. The summed E-state index contributed by atoms with van der Waals surface area (Å²) in [4.78, 5) is 6.81. The topological polar surface area (TPSA) is 77.0 Å². The van der Waals surface area contributed by atoms with E-state index in [0.29, 0.717) is 42.2 Å². The summed E-state index contributed by atoms with van der Waals surface area (Å²) in [6.45, 7) is 11.0. The maximum Gasteiger partial charge on any atom is 0.511 e. The summed E-state index contributed by atoms with van der Waals surface area (Å²) in [7, 11) is -5.24. The minimum Gasteiger partial charge on any atom is -0.357 e. The minimum atomic E-state index is -5.24. The number of hydrogen-bond acceptors (Lipinski definition) is 4. The summed E-state index contributed by atoms with van der Waals surface area (Å²) in [6.07, 6.45) is 0.597. The number of aliphatic imine (C=N–C) groups is 1. The van der Waals surface area contributed by atoms with E-state index in [1.54, 1.807) is 0 Å². The van der Waals surface area contributed by atoms with Crippen molar-refractivity contribution >= 4 is 16.0 Å². The molecule has 1 rings (SSSR count). The molecule has 7 nitrogen and oxygen atoms in total. The van der Waals surface area contributed by atoms with E-state index < -0.39 is 15.5 Å². The lowest BCUT2D eigenvalue weighted by atomic mass is 10.1. The first kappa shape index (κ1) is 24.0. The maximum absolute atomic E-state index is 12.6. The minimum absolute atomic E-state index is 0.116. The standard InChI is InChI=1S/C16H32F3N5O2S/c1-5-20-15(21-9-12-23(6-2)13(3)4)22-14-7-10-24(11-8-14)27(25,26)16(17,18)19/h13-14H,5-12H2,1-4H3,(H2,20,21,22). The highest BCUT2D eigenvalue weighted by Crippen LogP contribution is 2.28. The normalized spacial score (nSPS) is 18.3. The van der Waals surface area contributed by atoms with Gasteiger partial charge in [0.05, 0.1) is 6.54 Å². The van der Waals surface area contributed by atoms with Gasteiger partial charge in [0.15, 0.2) is 5.96 Å². The Balaban J connectivity index is 2.59. The van der Waals surface area contributed by atoms with Crippen LogP contribution in [-0.4, -0.2) is 80.4 Å². The fourth-order valence-electron chi connectivity index (χ4n) is 2.97. The van der Waals surface area contributed by atoms with Gasteiger partial charge >= 0.3 is 15.5 Å². The lowest BCUT2D eigenvalue weighted by molar-refractivity contribution is -0.0494. The predicted octanol–water partition coefficient (Wildman–Crippen LogP) is 1.59. The highest BCUT2D eigenvalue weighted by molar-refractivity contribution is 7.90. The molecule has 0 radical (unpaired) electrons. The van der Waals surface area contributed by atoms with Gasteiger partial charge in [0.25, 0.3) is 0 Å². The van der Waals surface area contributed by atoms with Crippen LogP contribution in [0.2, 0.25) is 0 Å². The highest BCUT2D eigenvalue weighted by Gasteiger charge is 2.50. The van der Waals surface area contributed by atoms with Gasteiger partial charge in [0.1, 0.15) is 0 Å². The van der Waals surface area contributed by atoms with Gasteiger partial charge in [-0.05, 0) is 40.2 Å². The van der Waals surface area contributed by atoms with E-state index in [1.807, 2.05) is 6.92 Å². The second-order valence-corrected chi connectivity index (χ2v) is 8.68. The van der Waals surface area contributed by atoms with Crippen LogP contribution in [0.1, 0.15) is 40.5 Å². The van der Waals surface area contributed by atoms with Crippen LogP contribution < -0.4 is 10.6 Å². The second-order valence-electron chi connectivity index (χ2n) is 6.75. The smallest absolute Gasteiger partial charge is 0.357 e. The van der Waals surface area contributed by atoms with E-state index in [1.165, 1.54) is 0 Å². The Morgan fingerprint density at radius 1 is 1.26 bits per heavy atom. The number of nitrogens with zero attached hydrogens (tertiary/aromatic N) is 3. The Hall–Kier alpha value is -1.07. The molecule has 0 aromatic rings. The van der Waals surface area contributed by atoms with Crippen molar-refractivity contribution in [2.45, 2.75) is 58.1 Å². The fraction of sp³-hybridized carbons (Fsp3) is 0.938. The van der Waals surface area contributed by atoms with Gasteiger partial charge in [-0.25, -0.2) is 8.42 Å². The van der Waals surface area contributed by atoms with E-state index in [0.717, 1.165) is 13.1 Å². The maximum atomic E-state index is 12.6. The van der Waals surface area contributed by atoms with Crippen molar-refractivity contribution in [3.8, 4) is 0 Å². The van der Waals surface area contributed by atoms with Crippen LogP contribution >= 0.6 is 0 Å². The Kier molecular flexibility index (Phi) is 9.29. The summed E-state index contributed by atoms with van der Waals surface area (Å²) in [5.74, 6) is 0.606. The first-order chi connectivity index (χ1) is 12.5. The Bertz CT molecular complexity index is 573. The van der Waals surface area contributed by atoms with E-state index in [9.17, 15) is 21.6 Å². The molecule has 0 spiro atoms. The van der Waals surface area contributed by atoms with E-state index in [4.69, 9.17) is 0 Å². The third-order valence-electron chi connectivity index (χ3n) is 4.57. The largest absolute Gasteiger partial charge is 0.511 e. The summed E-state index contributed by atoms with van der Waals surface area (Å²) in [5.41, 5.74) is -5.24. The van der Waals surface area contributed by atoms with Crippen LogP contribution in [0.3, 0.4) is 0 Å². The number of guanidine groups is 1. The van der Waals surface area contributed by atoms with Crippen molar-refractivity contribution in [3.63, 3.8) is 0 Å². The number of hydrogen-bond donors (Lipinski definition) is 2. The lowest BCUT2D eigenvalue weighted by Crippen LogP contribution is -2.51. The molecule has 1 saturated heterocycles. The number of halogens is 3. The number of alkyl halides is 3. The first-order valence-corrected chi connectivity index (χ1v) is 10.8. The van der Waals surface area contributed by atoms with Crippen molar-refractivity contribution in [3.05, 3.63) is 0 Å². The van der Waals surface area contributed by atoms with Gasteiger partial charge in [-0.2, -0.15) is 17.5 Å². The molecule has 11 heteroatoms. The van der Waals surface area contributed by atoms with E-state index in [-0.39, 0.29) is 19.1 Å². The van der Waals surface area contributed by atoms with E-state index in [2.05, 4.69) is 41.3 Å². The SMILES string of the molecule is CCNC(=NCCN(CC)C(C)C)NC1CCN(S(=O)(=O)C(F)(F)F)CC1. The molecule has 0 aromatic heterocycles. The second kappa shape index (κ2) is 10.5. The van der Waals surface area contributed by atoms with Crippen LogP contribution in [-0.2, 0) is 10.0 Å². The van der Waals surface area contributed by atoms with Crippen molar-refractivity contribution in [2.75, 3.05) is 39.3 Å². The molecule has 1 aliphatic rings. The Morgan fingerprint density at radius 3 is 2.30 bits per heavy atom. The average molecular weight is 416 g/mol. The molecule has 0 aromatic carbocycles. The zero-order valence-corrected chi connectivity index (χ0v) is 17.3. The molecule has 0 unspecified atom stereocenters. The number of rotatable bonds is 8. The van der Waals surface area contributed by atoms with Gasteiger partial charge < -0.3 is 10.6 Å². The predicted molar refractivity (Wildman–Crippen MR) is 101 cm³/mol. The Labute approximate surface area is 160 Å². The molecule has 1 heterocycles. The Morgan fingerprint density at radius 2 is 1.85 bits per heavy atom. The number of piperidine rings is 1. The molecule has 0 atom stereocenters. The molecule has 0 bridgehead atoms. The molecule has 1 aliphatic heterocycles. The zero-order valence-electron chi connectivity index (χ0n) is 16.5. The molecular formula is C16H32F3N5O2S. The zero-order chi connectivity index (χ0) is 20.7. The third-order valence-corrected chi connectivity index (χ3v) is 6.19. The quantitative estimate of drug-likeness (QED) is 0.465. The number of sulfonamides is 1.